The number of ether oxygens (including phenoxy) is 1. The molecule has 144 valence electrons. The van der Waals surface area contributed by atoms with Crippen LogP contribution in [0.25, 0.3) is 0 Å². The average Bonchev–Trinajstić information content (AvgIpc) is 3.02. The van der Waals surface area contributed by atoms with Crippen LogP contribution in [0.5, 0.6) is 5.75 Å². The molecule has 0 saturated heterocycles. The number of anilines is 2. The molecular weight excluding hydrogens is 358 g/mol. The Kier molecular flexibility index (Phi) is 5.74. The molecule has 0 radical (unpaired) electrons. The lowest BCUT2D eigenvalue weighted by molar-refractivity contribution is 0.101. The number of carbonyl (C=O) groups is 2. The van der Waals surface area contributed by atoms with Gasteiger partial charge in [-0.1, -0.05) is 5.16 Å². The molecular formula is C21H21N3O4. The second-order valence-corrected chi connectivity index (χ2v) is 6.14. The first-order chi connectivity index (χ1) is 13.5. The fourth-order valence-electron chi connectivity index (χ4n) is 2.71. The number of nitrogens with one attached hydrogen (secondary N) is 2. The first kappa shape index (κ1) is 19.2. The number of rotatable bonds is 6. The van der Waals surface area contributed by atoms with Crippen LogP contribution in [0, 0.1) is 13.8 Å². The highest BCUT2D eigenvalue weighted by Crippen LogP contribution is 2.18. The lowest BCUT2D eigenvalue weighted by Gasteiger charge is -2.08. The van der Waals surface area contributed by atoms with Gasteiger partial charge >= 0.3 is 0 Å². The van der Waals surface area contributed by atoms with Gasteiger partial charge in [-0.3, -0.25) is 9.59 Å². The van der Waals surface area contributed by atoms with E-state index in [4.69, 9.17) is 9.26 Å². The van der Waals surface area contributed by atoms with Crippen molar-refractivity contribution in [3.8, 4) is 5.75 Å². The van der Waals surface area contributed by atoms with Gasteiger partial charge in [0.25, 0.3) is 11.8 Å². The van der Waals surface area contributed by atoms with Gasteiger partial charge in [-0.25, -0.2) is 0 Å². The maximum Gasteiger partial charge on any atom is 0.261 e. The standard InChI is InChI=1S/C21H21N3O4/c1-4-27-18-11-9-17(10-12-18)22-20(25)15-5-7-16(8-6-15)23-21(26)19-13(2)24-28-14(19)3/h5-12H,4H2,1-3H3,(H,22,25)(H,23,26). The Balaban J connectivity index is 1.63. The second-order valence-electron chi connectivity index (χ2n) is 6.14. The molecule has 3 aromatic rings. The minimum Gasteiger partial charge on any atom is -0.494 e. The fourth-order valence-corrected chi connectivity index (χ4v) is 2.71. The van der Waals surface area contributed by atoms with E-state index in [-0.39, 0.29) is 11.8 Å². The zero-order valence-corrected chi connectivity index (χ0v) is 15.9. The van der Waals surface area contributed by atoms with Crippen LogP contribution in [0.2, 0.25) is 0 Å². The van der Waals surface area contributed by atoms with Gasteiger partial charge in [0.05, 0.1) is 12.3 Å². The van der Waals surface area contributed by atoms with Gasteiger partial charge in [-0.15, -0.1) is 0 Å². The largest absolute Gasteiger partial charge is 0.494 e. The van der Waals surface area contributed by atoms with E-state index in [0.717, 1.165) is 5.75 Å². The molecule has 3 rings (SSSR count). The molecule has 7 heteroatoms. The van der Waals surface area contributed by atoms with Crippen molar-refractivity contribution in [3.63, 3.8) is 0 Å². The summed E-state index contributed by atoms with van der Waals surface area (Å²) in [4.78, 5) is 24.7. The van der Waals surface area contributed by atoms with Crippen molar-refractivity contribution in [2.75, 3.05) is 17.2 Å². The molecule has 2 aromatic carbocycles. The van der Waals surface area contributed by atoms with Gasteiger partial charge in [-0.2, -0.15) is 0 Å². The van der Waals surface area contributed by atoms with E-state index in [9.17, 15) is 9.59 Å². The topological polar surface area (TPSA) is 93.5 Å². The molecule has 28 heavy (non-hydrogen) atoms. The van der Waals surface area contributed by atoms with Crippen molar-refractivity contribution >= 4 is 23.2 Å². The van der Waals surface area contributed by atoms with E-state index < -0.39 is 0 Å². The molecule has 2 amide bonds. The van der Waals surface area contributed by atoms with Crippen molar-refractivity contribution in [1.82, 2.24) is 5.16 Å². The molecule has 2 N–H and O–H groups in total. The molecule has 0 bridgehead atoms. The van der Waals surface area contributed by atoms with E-state index in [1.807, 2.05) is 6.92 Å². The minimum atomic E-state index is -0.303. The summed E-state index contributed by atoms with van der Waals surface area (Å²) in [5.74, 6) is 0.663. The highest BCUT2D eigenvalue weighted by atomic mass is 16.5. The lowest BCUT2D eigenvalue weighted by Crippen LogP contribution is -2.14. The van der Waals surface area contributed by atoms with Crippen LogP contribution >= 0.6 is 0 Å². The molecule has 0 spiro atoms. The maximum absolute atomic E-state index is 12.4. The van der Waals surface area contributed by atoms with Gasteiger partial charge in [-0.05, 0) is 69.3 Å². The Morgan fingerprint density at radius 2 is 1.50 bits per heavy atom. The Labute approximate surface area is 162 Å². The van der Waals surface area contributed by atoms with Crippen LogP contribution in [0.1, 0.15) is 39.1 Å². The van der Waals surface area contributed by atoms with Crippen molar-refractivity contribution in [3.05, 3.63) is 71.1 Å². The molecule has 0 saturated carbocycles. The predicted molar refractivity (Wildman–Crippen MR) is 106 cm³/mol. The van der Waals surface area contributed by atoms with E-state index in [2.05, 4.69) is 15.8 Å². The highest BCUT2D eigenvalue weighted by molar-refractivity contribution is 6.07. The molecule has 0 atom stereocenters. The quantitative estimate of drug-likeness (QED) is 0.670. The maximum atomic E-state index is 12.4. The molecule has 0 fully saturated rings. The molecule has 1 heterocycles. The summed E-state index contributed by atoms with van der Waals surface area (Å²) in [7, 11) is 0. The number of amides is 2. The van der Waals surface area contributed by atoms with Gasteiger partial charge < -0.3 is 19.9 Å². The number of aromatic nitrogens is 1. The Morgan fingerprint density at radius 1 is 0.929 bits per heavy atom. The normalized spacial score (nSPS) is 10.4. The number of hydrogen-bond donors (Lipinski definition) is 2. The Hall–Kier alpha value is -3.61. The van der Waals surface area contributed by atoms with E-state index >= 15 is 0 Å². The lowest BCUT2D eigenvalue weighted by atomic mass is 10.1. The molecule has 0 unspecified atom stereocenters. The van der Waals surface area contributed by atoms with Gasteiger partial charge in [0.1, 0.15) is 17.1 Å². The van der Waals surface area contributed by atoms with Gasteiger partial charge in [0, 0.05) is 16.9 Å². The van der Waals surface area contributed by atoms with Crippen LogP contribution in [-0.2, 0) is 0 Å². The SMILES string of the molecule is CCOc1ccc(NC(=O)c2ccc(NC(=O)c3c(C)noc3C)cc2)cc1. The van der Waals surface area contributed by atoms with Crippen LogP contribution < -0.4 is 15.4 Å². The molecule has 0 aliphatic rings. The highest BCUT2D eigenvalue weighted by Gasteiger charge is 2.17. The van der Waals surface area contributed by atoms with Crippen molar-refractivity contribution < 1.29 is 18.8 Å². The predicted octanol–water partition coefficient (Wildman–Crippen LogP) is 4.19. The fraction of sp³-hybridized carbons (Fsp3) is 0.190. The molecule has 1 aromatic heterocycles. The second kappa shape index (κ2) is 8.39. The third-order valence-corrected chi connectivity index (χ3v) is 4.09. The van der Waals surface area contributed by atoms with Crippen molar-refractivity contribution in [2.45, 2.75) is 20.8 Å². The third-order valence-electron chi connectivity index (χ3n) is 4.09. The number of aryl methyl sites for hydroxylation is 2. The van der Waals surface area contributed by atoms with Crippen molar-refractivity contribution in [2.24, 2.45) is 0 Å². The van der Waals surface area contributed by atoms with Crippen LogP contribution in [-0.4, -0.2) is 23.6 Å². The zero-order chi connectivity index (χ0) is 20.1. The monoisotopic (exact) mass is 379 g/mol. The summed E-state index contributed by atoms with van der Waals surface area (Å²) in [5.41, 5.74) is 2.66. The molecule has 7 nitrogen and oxygen atoms in total. The molecule has 0 aliphatic heterocycles. The summed E-state index contributed by atoms with van der Waals surface area (Å²) in [6.45, 7) is 5.89. The average molecular weight is 379 g/mol. The molecule has 0 aliphatic carbocycles. The third kappa shape index (κ3) is 4.37. The first-order valence-electron chi connectivity index (χ1n) is 8.86. The zero-order valence-electron chi connectivity index (χ0n) is 15.9. The first-order valence-corrected chi connectivity index (χ1v) is 8.86. The Bertz CT molecular complexity index is 956. The van der Waals surface area contributed by atoms with Crippen molar-refractivity contribution in [1.29, 1.82) is 0 Å². The number of benzene rings is 2. The Morgan fingerprint density at radius 3 is 2.04 bits per heavy atom. The summed E-state index contributed by atoms with van der Waals surface area (Å²) in [5, 5.41) is 9.37. The summed E-state index contributed by atoms with van der Waals surface area (Å²) in [6, 6.07) is 13.8. The number of carbonyl (C=O) groups excluding carboxylic acids is 2. The van der Waals surface area contributed by atoms with E-state index in [0.29, 0.717) is 40.6 Å². The van der Waals surface area contributed by atoms with Gasteiger partial charge in [0.15, 0.2) is 0 Å². The van der Waals surface area contributed by atoms with Crippen LogP contribution in [0.15, 0.2) is 53.1 Å². The number of nitrogens with zero attached hydrogens (tertiary/aromatic N) is 1. The van der Waals surface area contributed by atoms with E-state index in [1.54, 1.807) is 62.4 Å². The summed E-state index contributed by atoms with van der Waals surface area (Å²) in [6.07, 6.45) is 0. The van der Waals surface area contributed by atoms with E-state index in [1.165, 1.54) is 0 Å². The summed E-state index contributed by atoms with van der Waals surface area (Å²) < 4.78 is 10.4. The van der Waals surface area contributed by atoms with Crippen LogP contribution in [0.4, 0.5) is 11.4 Å². The minimum absolute atomic E-state index is 0.243. The smallest absolute Gasteiger partial charge is 0.261 e. The number of hydrogen-bond acceptors (Lipinski definition) is 5. The van der Waals surface area contributed by atoms with Gasteiger partial charge in [0.2, 0.25) is 0 Å². The summed E-state index contributed by atoms with van der Waals surface area (Å²) >= 11 is 0. The van der Waals surface area contributed by atoms with Crippen LogP contribution in [0.3, 0.4) is 0 Å².